The quantitative estimate of drug-likeness (QED) is 0.363. The highest BCUT2D eigenvalue weighted by Crippen LogP contribution is 2.29. The van der Waals surface area contributed by atoms with Crippen LogP contribution >= 0.6 is 15.9 Å². The number of aliphatic imine (C=N–C) groups is 1. The van der Waals surface area contributed by atoms with Gasteiger partial charge in [0.05, 0.1) is 12.3 Å². The standard InChI is InChI=1S/C21H16BrN3O4/c1-2-28-21(27)17-18(26)16(10-12-11-24-19-15(12)4-3-9-23-19)29-20(17)25-14-7-5-13(22)6-8-14/h3-11,17H,2H2,1H3,(H,23,24)/b16-10-,25-20?. The Kier molecular flexibility index (Phi) is 5.26. The number of pyridine rings is 1. The molecule has 1 aromatic carbocycles. The van der Waals surface area contributed by atoms with Crippen molar-refractivity contribution in [2.24, 2.45) is 10.9 Å². The number of ether oxygens (including phenoxy) is 2. The summed E-state index contributed by atoms with van der Waals surface area (Å²) in [6, 6.07) is 10.8. The zero-order valence-electron chi connectivity index (χ0n) is 15.4. The van der Waals surface area contributed by atoms with Gasteiger partial charge in [0.1, 0.15) is 5.65 Å². The third kappa shape index (κ3) is 3.84. The summed E-state index contributed by atoms with van der Waals surface area (Å²) in [5.41, 5.74) is 1.97. The molecule has 1 saturated heterocycles. The first-order valence-corrected chi connectivity index (χ1v) is 9.72. The van der Waals surface area contributed by atoms with Crippen LogP contribution in [0.3, 0.4) is 0 Å². The van der Waals surface area contributed by atoms with Crippen molar-refractivity contribution in [1.82, 2.24) is 9.97 Å². The number of hydrogen-bond acceptors (Lipinski definition) is 6. The van der Waals surface area contributed by atoms with E-state index in [1.54, 1.807) is 43.6 Å². The number of aromatic nitrogens is 2. The van der Waals surface area contributed by atoms with E-state index in [-0.39, 0.29) is 18.3 Å². The molecule has 1 unspecified atom stereocenters. The van der Waals surface area contributed by atoms with Gasteiger partial charge in [0, 0.05) is 27.8 Å². The minimum atomic E-state index is -1.23. The van der Waals surface area contributed by atoms with Crippen molar-refractivity contribution in [2.45, 2.75) is 6.92 Å². The maximum absolute atomic E-state index is 12.9. The fourth-order valence-electron chi connectivity index (χ4n) is 2.98. The number of H-pyrrole nitrogens is 1. The van der Waals surface area contributed by atoms with Gasteiger partial charge in [-0.1, -0.05) is 15.9 Å². The molecule has 1 fully saturated rings. The maximum atomic E-state index is 12.9. The number of halogens is 1. The molecule has 0 radical (unpaired) electrons. The number of fused-ring (bicyclic) bond motifs is 1. The number of hydrogen-bond donors (Lipinski definition) is 1. The molecular formula is C21H16BrN3O4. The Morgan fingerprint density at radius 1 is 1.34 bits per heavy atom. The van der Waals surface area contributed by atoms with E-state index in [0.717, 1.165) is 15.4 Å². The lowest BCUT2D eigenvalue weighted by Gasteiger charge is -2.06. The molecule has 2 aromatic heterocycles. The highest BCUT2D eigenvalue weighted by molar-refractivity contribution is 9.10. The third-order valence-corrected chi connectivity index (χ3v) is 4.85. The number of ketones is 1. The number of aromatic amines is 1. The lowest BCUT2D eigenvalue weighted by Crippen LogP contribution is -2.27. The predicted molar refractivity (Wildman–Crippen MR) is 112 cm³/mol. The van der Waals surface area contributed by atoms with Crippen molar-refractivity contribution in [1.29, 1.82) is 0 Å². The molecule has 29 heavy (non-hydrogen) atoms. The molecule has 0 bridgehead atoms. The molecule has 1 atom stereocenters. The van der Waals surface area contributed by atoms with Crippen molar-refractivity contribution < 1.29 is 19.1 Å². The van der Waals surface area contributed by atoms with Gasteiger partial charge in [-0.25, -0.2) is 9.98 Å². The molecule has 146 valence electrons. The summed E-state index contributed by atoms with van der Waals surface area (Å²) in [6.07, 6.45) is 4.98. The van der Waals surface area contributed by atoms with Crippen LogP contribution in [0.25, 0.3) is 17.1 Å². The van der Waals surface area contributed by atoms with Crippen molar-refractivity contribution >= 4 is 56.4 Å². The van der Waals surface area contributed by atoms with Crippen LogP contribution in [0, 0.1) is 5.92 Å². The van der Waals surface area contributed by atoms with Gasteiger partial charge in [0.15, 0.2) is 11.7 Å². The van der Waals surface area contributed by atoms with Crippen molar-refractivity contribution in [3.05, 3.63) is 64.6 Å². The molecule has 0 spiro atoms. The van der Waals surface area contributed by atoms with E-state index in [2.05, 4.69) is 30.9 Å². The number of carbonyl (C=O) groups excluding carboxylic acids is 2. The average molecular weight is 454 g/mol. The Balaban J connectivity index is 1.74. The highest BCUT2D eigenvalue weighted by atomic mass is 79.9. The van der Waals surface area contributed by atoms with Crippen molar-refractivity contribution in [2.75, 3.05) is 6.61 Å². The number of carbonyl (C=O) groups is 2. The summed E-state index contributed by atoms with van der Waals surface area (Å²) in [4.78, 5) is 37.0. The zero-order valence-corrected chi connectivity index (χ0v) is 17.0. The zero-order chi connectivity index (χ0) is 20.4. The van der Waals surface area contributed by atoms with E-state index in [1.807, 2.05) is 18.2 Å². The molecule has 3 aromatic rings. The largest absolute Gasteiger partial charge is 0.465 e. The van der Waals surface area contributed by atoms with Crippen molar-refractivity contribution in [3.8, 4) is 0 Å². The van der Waals surface area contributed by atoms with E-state index < -0.39 is 17.7 Å². The SMILES string of the molecule is CCOC(=O)C1C(=O)/C(=C/c2c[nH]c3ncccc23)OC1=Nc1ccc(Br)cc1. The van der Waals surface area contributed by atoms with Gasteiger partial charge < -0.3 is 14.5 Å². The molecular weight excluding hydrogens is 438 g/mol. The molecule has 8 heteroatoms. The Hall–Kier alpha value is -3.26. The maximum Gasteiger partial charge on any atom is 0.326 e. The lowest BCUT2D eigenvalue weighted by molar-refractivity contribution is -0.147. The van der Waals surface area contributed by atoms with Crippen molar-refractivity contribution in [3.63, 3.8) is 0 Å². The van der Waals surface area contributed by atoms with Gasteiger partial charge in [-0.05, 0) is 49.4 Å². The Morgan fingerprint density at radius 2 is 2.14 bits per heavy atom. The van der Waals surface area contributed by atoms with Gasteiger partial charge in [-0.2, -0.15) is 0 Å². The first kappa shape index (κ1) is 19.1. The second-order valence-electron chi connectivity index (χ2n) is 6.23. The van der Waals surface area contributed by atoms with Gasteiger partial charge >= 0.3 is 5.97 Å². The fraction of sp³-hybridized carbons (Fsp3) is 0.143. The average Bonchev–Trinajstić information content (AvgIpc) is 3.25. The Morgan fingerprint density at radius 3 is 2.90 bits per heavy atom. The summed E-state index contributed by atoms with van der Waals surface area (Å²) < 4.78 is 11.7. The normalized spacial score (nSPS) is 19.1. The second kappa shape index (κ2) is 8.00. The Labute approximate surface area is 174 Å². The molecule has 1 N–H and O–H groups in total. The summed E-state index contributed by atoms with van der Waals surface area (Å²) >= 11 is 3.36. The van der Waals surface area contributed by atoms with E-state index >= 15 is 0 Å². The number of benzene rings is 1. The van der Waals surface area contributed by atoms with Crippen LogP contribution in [0.1, 0.15) is 12.5 Å². The minimum absolute atomic E-state index is 0.0000104. The summed E-state index contributed by atoms with van der Waals surface area (Å²) in [7, 11) is 0. The van der Waals surface area contributed by atoms with Crippen LogP contribution in [0.2, 0.25) is 0 Å². The monoisotopic (exact) mass is 453 g/mol. The highest BCUT2D eigenvalue weighted by Gasteiger charge is 2.44. The molecule has 0 saturated carbocycles. The molecule has 0 aliphatic carbocycles. The number of nitrogens with one attached hydrogen (secondary N) is 1. The molecule has 0 amide bonds. The lowest BCUT2D eigenvalue weighted by atomic mass is 10.0. The van der Waals surface area contributed by atoms with Crippen LogP contribution in [0.4, 0.5) is 5.69 Å². The van der Waals surface area contributed by atoms with E-state index in [4.69, 9.17) is 9.47 Å². The fourth-order valence-corrected chi connectivity index (χ4v) is 3.24. The topological polar surface area (TPSA) is 93.6 Å². The number of rotatable bonds is 4. The molecule has 7 nitrogen and oxygen atoms in total. The number of Topliss-reactive ketones (excluding diaryl/α,β-unsaturated/α-hetero) is 1. The first-order chi connectivity index (χ1) is 14.1. The summed E-state index contributed by atoms with van der Waals surface area (Å²) in [5, 5.41) is 0.836. The summed E-state index contributed by atoms with van der Waals surface area (Å²) in [6.45, 7) is 1.83. The van der Waals surface area contributed by atoms with Crippen LogP contribution in [-0.4, -0.2) is 34.2 Å². The van der Waals surface area contributed by atoms with Crippen LogP contribution in [-0.2, 0) is 19.1 Å². The van der Waals surface area contributed by atoms with Crippen LogP contribution < -0.4 is 0 Å². The third-order valence-electron chi connectivity index (χ3n) is 4.32. The van der Waals surface area contributed by atoms with Crippen LogP contribution in [0.15, 0.2) is 64.0 Å². The summed E-state index contributed by atoms with van der Waals surface area (Å²) in [5.74, 6) is -2.37. The number of allylic oxidation sites excluding steroid dienone is 1. The van der Waals surface area contributed by atoms with Gasteiger partial charge in [0.2, 0.25) is 11.7 Å². The number of nitrogens with zero attached hydrogens (tertiary/aromatic N) is 2. The molecule has 3 heterocycles. The second-order valence-corrected chi connectivity index (χ2v) is 7.15. The van der Waals surface area contributed by atoms with Gasteiger partial charge in [-0.15, -0.1) is 0 Å². The number of esters is 1. The van der Waals surface area contributed by atoms with E-state index in [0.29, 0.717) is 11.3 Å². The van der Waals surface area contributed by atoms with E-state index in [9.17, 15) is 9.59 Å². The first-order valence-electron chi connectivity index (χ1n) is 8.93. The van der Waals surface area contributed by atoms with Gasteiger partial charge in [-0.3, -0.25) is 9.59 Å². The Bertz CT molecular complexity index is 1150. The van der Waals surface area contributed by atoms with Gasteiger partial charge in [0.25, 0.3) is 0 Å². The molecule has 1 aliphatic rings. The van der Waals surface area contributed by atoms with Crippen LogP contribution in [0.5, 0.6) is 0 Å². The minimum Gasteiger partial charge on any atom is -0.465 e. The van der Waals surface area contributed by atoms with E-state index in [1.165, 1.54) is 0 Å². The smallest absolute Gasteiger partial charge is 0.326 e. The molecule has 4 rings (SSSR count). The molecule has 1 aliphatic heterocycles. The predicted octanol–water partition coefficient (Wildman–Crippen LogP) is 4.18.